The fraction of sp³-hybridized carbons (Fsp3) is 0.360. The molecule has 1 N–H and O–H groups in total. The van der Waals surface area contributed by atoms with Crippen molar-refractivity contribution in [3.63, 3.8) is 0 Å². The van der Waals surface area contributed by atoms with Crippen LogP contribution in [0.5, 0.6) is 0 Å². The van der Waals surface area contributed by atoms with Crippen LogP contribution < -0.4 is 10.9 Å². The van der Waals surface area contributed by atoms with E-state index in [1.54, 1.807) is 13.8 Å². The van der Waals surface area contributed by atoms with E-state index in [0.717, 1.165) is 29.7 Å². The third-order valence-corrected chi connectivity index (χ3v) is 6.38. The van der Waals surface area contributed by atoms with Crippen LogP contribution in [0.3, 0.4) is 0 Å². The summed E-state index contributed by atoms with van der Waals surface area (Å²) in [5.74, 6) is 0.224. The van der Waals surface area contributed by atoms with E-state index in [2.05, 4.69) is 10.3 Å². The van der Waals surface area contributed by atoms with Crippen molar-refractivity contribution in [3.8, 4) is 11.4 Å². The molecule has 5 nitrogen and oxygen atoms in total. The van der Waals surface area contributed by atoms with Crippen LogP contribution in [-0.4, -0.2) is 22.3 Å². The van der Waals surface area contributed by atoms with Crippen molar-refractivity contribution in [1.82, 2.24) is 9.55 Å². The van der Waals surface area contributed by atoms with E-state index < -0.39 is 11.7 Å². The second kappa shape index (κ2) is 9.43. The molecular weight excluding hydrogens is 467 g/mol. The maximum Gasteiger partial charge on any atom is 0.416 e. The molecule has 0 aliphatic heterocycles. The summed E-state index contributed by atoms with van der Waals surface area (Å²) in [7, 11) is 0. The van der Waals surface area contributed by atoms with Gasteiger partial charge in [-0.2, -0.15) is 13.2 Å². The number of rotatable bonds is 6. The molecule has 0 bridgehead atoms. The largest absolute Gasteiger partial charge is 0.416 e. The standard InChI is InChI=1S/C25H25ClF3N3O2/c1-4-32-23(18-11-10-16(13-19(18)26)25(27,28)29)30-14(3)21(24(32)33)31-22-17-9-7-6-8-15(17)12-20(22)34-5-2/h6-11,13,20,22,31H,4-5,12H2,1-3H3/t20-,22+/m0/s1. The number of hydrogen-bond donors (Lipinski definition) is 1. The third-order valence-electron chi connectivity index (χ3n) is 6.07. The highest BCUT2D eigenvalue weighted by Crippen LogP contribution is 2.37. The number of alkyl halides is 3. The molecule has 0 spiro atoms. The Morgan fingerprint density at radius 1 is 1.21 bits per heavy atom. The van der Waals surface area contributed by atoms with Gasteiger partial charge >= 0.3 is 6.18 Å². The molecule has 180 valence electrons. The first kappa shape index (κ1) is 24.3. The number of benzene rings is 2. The molecule has 4 rings (SSSR count). The Morgan fingerprint density at radius 2 is 1.94 bits per heavy atom. The van der Waals surface area contributed by atoms with E-state index in [9.17, 15) is 18.0 Å². The Hall–Kier alpha value is -2.84. The Bertz CT molecular complexity index is 1270. The summed E-state index contributed by atoms with van der Waals surface area (Å²) in [5, 5.41) is 3.24. The van der Waals surface area contributed by atoms with Crippen molar-refractivity contribution in [3.05, 3.63) is 80.2 Å². The number of ether oxygens (including phenoxy) is 1. The van der Waals surface area contributed by atoms with Gasteiger partial charge in [-0.15, -0.1) is 0 Å². The summed E-state index contributed by atoms with van der Waals surface area (Å²) in [6.07, 6.45) is -3.92. The Morgan fingerprint density at radius 3 is 2.59 bits per heavy atom. The Kier molecular flexibility index (Phi) is 6.73. The number of nitrogens with zero attached hydrogens (tertiary/aromatic N) is 2. The highest BCUT2D eigenvalue weighted by Gasteiger charge is 2.34. The molecule has 9 heteroatoms. The summed E-state index contributed by atoms with van der Waals surface area (Å²) >= 11 is 6.20. The van der Waals surface area contributed by atoms with Gasteiger partial charge in [0.25, 0.3) is 5.56 Å². The van der Waals surface area contributed by atoms with Crippen LogP contribution in [0.1, 0.15) is 42.3 Å². The minimum atomic E-state index is -4.52. The van der Waals surface area contributed by atoms with E-state index in [4.69, 9.17) is 16.3 Å². The topological polar surface area (TPSA) is 56.1 Å². The van der Waals surface area contributed by atoms with Crippen LogP contribution in [0.15, 0.2) is 47.3 Å². The van der Waals surface area contributed by atoms with Crippen molar-refractivity contribution >= 4 is 17.3 Å². The van der Waals surface area contributed by atoms with E-state index in [1.165, 1.54) is 10.6 Å². The zero-order valence-corrected chi connectivity index (χ0v) is 19.8. The summed E-state index contributed by atoms with van der Waals surface area (Å²) < 4.78 is 46.6. The maximum atomic E-state index is 13.5. The van der Waals surface area contributed by atoms with Crippen LogP contribution in [0.25, 0.3) is 11.4 Å². The molecule has 0 unspecified atom stereocenters. The predicted molar refractivity (Wildman–Crippen MR) is 126 cm³/mol. The van der Waals surface area contributed by atoms with Gasteiger partial charge in [-0.05, 0) is 50.1 Å². The number of halogens is 4. The van der Waals surface area contributed by atoms with Gasteiger partial charge in [0.1, 0.15) is 11.5 Å². The second-order valence-corrected chi connectivity index (χ2v) is 8.56. The first-order valence-electron chi connectivity index (χ1n) is 11.1. The van der Waals surface area contributed by atoms with Gasteiger partial charge in [0, 0.05) is 25.1 Å². The summed E-state index contributed by atoms with van der Waals surface area (Å²) in [4.78, 5) is 18.1. The monoisotopic (exact) mass is 491 g/mol. The lowest BCUT2D eigenvalue weighted by atomic mass is 10.1. The number of hydrogen-bond acceptors (Lipinski definition) is 4. The average molecular weight is 492 g/mol. The number of aromatic nitrogens is 2. The van der Waals surface area contributed by atoms with Gasteiger partial charge in [-0.25, -0.2) is 4.98 Å². The molecule has 0 radical (unpaired) electrons. The SMILES string of the molecule is CCO[C@H]1Cc2ccccc2[C@H]1Nc1c(C)nc(-c2ccc(C(F)(F)F)cc2Cl)n(CC)c1=O. The van der Waals surface area contributed by atoms with E-state index in [1.807, 2.05) is 31.2 Å². The van der Waals surface area contributed by atoms with Gasteiger partial charge in [0.05, 0.1) is 28.4 Å². The van der Waals surface area contributed by atoms with Crippen molar-refractivity contribution in [2.24, 2.45) is 0 Å². The normalized spacial score (nSPS) is 17.6. The summed E-state index contributed by atoms with van der Waals surface area (Å²) in [6.45, 7) is 6.21. The van der Waals surface area contributed by atoms with Crippen molar-refractivity contribution < 1.29 is 17.9 Å². The Balaban J connectivity index is 1.77. The van der Waals surface area contributed by atoms with Crippen molar-refractivity contribution in [2.45, 2.75) is 52.1 Å². The van der Waals surface area contributed by atoms with Crippen LogP contribution in [0.4, 0.5) is 18.9 Å². The molecular formula is C25H25ClF3N3O2. The summed E-state index contributed by atoms with van der Waals surface area (Å²) in [5.41, 5.74) is 2.08. The van der Waals surface area contributed by atoms with Crippen LogP contribution in [-0.2, 0) is 23.9 Å². The van der Waals surface area contributed by atoms with Gasteiger partial charge < -0.3 is 10.1 Å². The minimum Gasteiger partial charge on any atom is -0.376 e. The molecule has 1 heterocycles. The van der Waals surface area contributed by atoms with Gasteiger partial charge in [0.2, 0.25) is 0 Å². The first-order valence-corrected chi connectivity index (χ1v) is 11.5. The van der Waals surface area contributed by atoms with Crippen LogP contribution in [0.2, 0.25) is 5.02 Å². The molecule has 0 saturated carbocycles. The lowest BCUT2D eigenvalue weighted by molar-refractivity contribution is -0.137. The smallest absolute Gasteiger partial charge is 0.376 e. The zero-order valence-electron chi connectivity index (χ0n) is 19.0. The van der Waals surface area contributed by atoms with Crippen molar-refractivity contribution in [2.75, 3.05) is 11.9 Å². The fourth-order valence-electron chi connectivity index (χ4n) is 4.45. The molecule has 3 aromatic rings. The Labute approximate surface area is 200 Å². The molecule has 0 fully saturated rings. The van der Waals surface area contributed by atoms with Gasteiger partial charge in [0.15, 0.2) is 0 Å². The number of anilines is 1. The zero-order chi connectivity index (χ0) is 24.6. The van der Waals surface area contributed by atoms with Gasteiger partial charge in [-0.3, -0.25) is 9.36 Å². The molecule has 0 saturated heterocycles. The fourth-order valence-corrected chi connectivity index (χ4v) is 4.72. The lowest BCUT2D eigenvalue weighted by Crippen LogP contribution is -2.32. The van der Waals surface area contributed by atoms with Crippen LogP contribution >= 0.6 is 11.6 Å². The van der Waals surface area contributed by atoms with Crippen molar-refractivity contribution in [1.29, 1.82) is 0 Å². The lowest BCUT2D eigenvalue weighted by Gasteiger charge is -2.24. The third kappa shape index (κ3) is 4.44. The highest BCUT2D eigenvalue weighted by atomic mass is 35.5. The molecule has 34 heavy (non-hydrogen) atoms. The molecule has 1 aliphatic carbocycles. The highest BCUT2D eigenvalue weighted by molar-refractivity contribution is 6.33. The molecule has 2 atom stereocenters. The molecule has 2 aromatic carbocycles. The van der Waals surface area contributed by atoms with E-state index in [0.29, 0.717) is 18.0 Å². The number of nitrogens with one attached hydrogen (secondary N) is 1. The molecule has 1 aromatic heterocycles. The first-order chi connectivity index (χ1) is 16.2. The summed E-state index contributed by atoms with van der Waals surface area (Å²) in [6, 6.07) is 10.8. The van der Waals surface area contributed by atoms with Crippen LogP contribution in [0, 0.1) is 6.92 Å². The molecule has 1 aliphatic rings. The maximum absolute atomic E-state index is 13.5. The van der Waals surface area contributed by atoms with E-state index in [-0.39, 0.29) is 40.7 Å². The number of aryl methyl sites for hydroxylation is 1. The quantitative estimate of drug-likeness (QED) is 0.457. The van der Waals surface area contributed by atoms with Gasteiger partial charge in [-0.1, -0.05) is 35.9 Å². The van der Waals surface area contributed by atoms with E-state index >= 15 is 0 Å². The predicted octanol–water partition coefficient (Wildman–Crippen LogP) is 6.03. The molecule has 0 amide bonds. The number of fused-ring (bicyclic) bond motifs is 1. The average Bonchev–Trinajstić information content (AvgIpc) is 3.13. The minimum absolute atomic E-state index is 0.120. The second-order valence-electron chi connectivity index (χ2n) is 8.16.